The highest BCUT2D eigenvalue weighted by molar-refractivity contribution is 6.34. The van der Waals surface area contributed by atoms with E-state index in [-0.39, 0.29) is 16.5 Å². The van der Waals surface area contributed by atoms with Crippen LogP contribution in [-0.4, -0.2) is 18.4 Å². The van der Waals surface area contributed by atoms with Gasteiger partial charge in [-0.2, -0.15) is 0 Å². The lowest BCUT2D eigenvalue weighted by molar-refractivity contribution is -0.119. The maximum atomic E-state index is 13.8. The number of piperidine rings is 1. The smallest absolute Gasteiger partial charge is 0.260 e. The molecule has 0 spiro atoms. The molecule has 0 bridgehead atoms. The van der Waals surface area contributed by atoms with E-state index in [1.165, 1.54) is 18.2 Å². The molecule has 0 saturated carbocycles. The molecule has 1 heterocycles. The first-order chi connectivity index (χ1) is 11.6. The van der Waals surface area contributed by atoms with Crippen LogP contribution in [0.25, 0.3) is 0 Å². The molecule has 0 aromatic heterocycles. The van der Waals surface area contributed by atoms with Crippen molar-refractivity contribution in [2.24, 2.45) is 0 Å². The Morgan fingerprint density at radius 2 is 1.96 bits per heavy atom. The molecule has 0 unspecified atom stereocenters. The van der Waals surface area contributed by atoms with Crippen molar-refractivity contribution in [2.45, 2.75) is 19.3 Å². The minimum absolute atomic E-state index is 0.0508. The van der Waals surface area contributed by atoms with E-state index in [0.29, 0.717) is 18.7 Å². The number of nitrogens with one attached hydrogen (secondary N) is 1. The Labute approximate surface area is 144 Å². The Morgan fingerprint density at radius 3 is 2.71 bits per heavy atom. The van der Waals surface area contributed by atoms with Gasteiger partial charge < -0.3 is 10.2 Å². The highest BCUT2D eigenvalue weighted by atomic mass is 35.5. The Bertz CT molecular complexity index is 774. The standard InChI is InChI=1S/C18H16ClFN2O2/c19-14-7-4-8-15(20)17(14)18(24)21-12-5-3-6-13(11-12)22-10-2-1-9-16(22)23/h3-8,11H,1-2,9-10H2,(H,21,24). The molecule has 0 atom stereocenters. The SMILES string of the molecule is O=C(Nc1cccc(N2CCCCC2=O)c1)c1c(F)cccc1Cl. The van der Waals surface area contributed by atoms with Gasteiger partial charge in [0, 0.05) is 24.3 Å². The van der Waals surface area contributed by atoms with Crippen molar-refractivity contribution >= 4 is 34.8 Å². The first-order valence-corrected chi connectivity index (χ1v) is 8.10. The first-order valence-electron chi connectivity index (χ1n) is 7.72. The molecule has 1 saturated heterocycles. The Kier molecular flexibility index (Phi) is 4.81. The number of benzene rings is 2. The summed E-state index contributed by atoms with van der Waals surface area (Å²) in [5.74, 6) is -1.23. The average Bonchev–Trinajstić information content (AvgIpc) is 2.55. The topological polar surface area (TPSA) is 49.4 Å². The van der Waals surface area contributed by atoms with E-state index in [1.54, 1.807) is 23.1 Å². The zero-order valence-electron chi connectivity index (χ0n) is 12.9. The van der Waals surface area contributed by atoms with Crippen molar-refractivity contribution in [3.63, 3.8) is 0 Å². The number of carbonyl (C=O) groups is 2. The second kappa shape index (κ2) is 7.01. The molecule has 1 aliphatic heterocycles. The van der Waals surface area contributed by atoms with E-state index in [9.17, 15) is 14.0 Å². The number of amides is 2. The predicted octanol–water partition coefficient (Wildman–Crippen LogP) is 4.25. The molecule has 124 valence electrons. The summed E-state index contributed by atoms with van der Waals surface area (Å²) < 4.78 is 13.8. The molecule has 3 rings (SSSR count). The maximum Gasteiger partial charge on any atom is 0.260 e. The van der Waals surface area contributed by atoms with Crippen LogP contribution in [0.3, 0.4) is 0 Å². The van der Waals surface area contributed by atoms with Gasteiger partial charge in [0.2, 0.25) is 5.91 Å². The highest BCUT2D eigenvalue weighted by Crippen LogP contribution is 2.25. The molecule has 0 radical (unpaired) electrons. The van der Waals surface area contributed by atoms with Crippen LogP contribution in [-0.2, 0) is 4.79 Å². The van der Waals surface area contributed by atoms with E-state index in [2.05, 4.69) is 5.32 Å². The van der Waals surface area contributed by atoms with E-state index < -0.39 is 11.7 Å². The number of carbonyl (C=O) groups excluding carboxylic acids is 2. The van der Waals surface area contributed by atoms with Crippen LogP contribution in [0.15, 0.2) is 42.5 Å². The van der Waals surface area contributed by atoms with E-state index in [1.807, 2.05) is 6.07 Å². The molecule has 2 amide bonds. The van der Waals surface area contributed by atoms with Crippen molar-refractivity contribution in [1.29, 1.82) is 0 Å². The molecule has 2 aromatic rings. The van der Waals surface area contributed by atoms with Crippen molar-refractivity contribution < 1.29 is 14.0 Å². The Morgan fingerprint density at radius 1 is 1.17 bits per heavy atom. The summed E-state index contributed by atoms with van der Waals surface area (Å²) in [7, 11) is 0. The molecule has 1 fully saturated rings. The average molecular weight is 347 g/mol. The van der Waals surface area contributed by atoms with Crippen molar-refractivity contribution in [3.8, 4) is 0 Å². The van der Waals surface area contributed by atoms with Gasteiger partial charge >= 0.3 is 0 Å². The van der Waals surface area contributed by atoms with Gasteiger partial charge in [0.15, 0.2) is 0 Å². The van der Waals surface area contributed by atoms with Gasteiger partial charge in [-0.25, -0.2) is 4.39 Å². The summed E-state index contributed by atoms with van der Waals surface area (Å²) in [6.45, 7) is 0.662. The minimum atomic E-state index is -0.678. The molecule has 0 aliphatic carbocycles. The molecular weight excluding hydrogens is 331 g/mol. The van der Waals surface area contributed by atoms with Crippen LogP contribution >= 0.6 is 11.6 Å². The summed E-state index contributed by atoms with van der Waals surface area (Å²) in [4.78, 5) is 26.0. The minimum Gasteiger partial charge on any atom is -0.322 e. The fraction of sp³-hybridized carbons (Fsp3) is 0.222. The molecular formula is C18H16ClFN2O2. The van der Waals surface area contributed by atoms with Crippen LogP contribution in [0.1, 0.15) is 29.6 Å². The van der Waals surface area contributed by atoms with Crippen LogP contribution < -0.4 is 10.2 Å². The quantitative estimate of drug-likeness (QED) is 0.903. The van der Waals surface area contributed by atoms with E-state index >= 15 is 0 Å². The second-order valence-corrected chi connectivity index (χ2v) is 6.01. The maximum absolute atomic E-state index is 13.8. The monoisotopic (exact) mass is 346 g/mol. The number of halogens is 2. The number of hydrogen-bond acceptors (Lipinski definition) is 2. The normalized spacial score (nSPS) is 14.6. The van der Waals surface area contributed by atoms with Gasteiger partial charge in [-0.1, -0.05) is 23.7 Å². The molecule has 24 heavy (non-hydrogen) atoms. The van der Waals surface area contributed by atoms with Crippen molar-refractivity contribution in [3.05, 3.63) is 58.9 Å². The fourth-order valence-electron chi connectivity index (χ4n) is 2.74. The van der Waals surface area contributed by atoms with Gasteiger partial charge in [-0.3, -0.25) is 9.59 Å². The van der Waals surface area contributed by atoms with Crippen molar-refractivity contribution in [1.82, 2.24) is 0 Å². The first kappa shape index (κ1) is 16.5. The number of anilines is 2. The summed E-state index contributed by atoms with van der Waals surface area (Å²) in [6, 6.07) is 11.0. The Hall–Kier alpha value is -2.40. The van der Waals surface area contributed by atoms with Gasteiger partial charge in [0.1, 0.15) is 5.82 Å². The fourth-order valence-corrected chi connectivity index (χ4v) is 2.99. The van der Waals surface area contributed by atoms with Crippen LogP contribution in [0.4, 0.5) is 15.8 Å². The largest absolute Gasteiger partial charge is 0.322 e. The van der Waals surface area contributed by atoms with Crippen LogP contribution in [0.5, 0.6) is 0 Å². The molecule has 2 aromatic carbocycles. The number of hydrogen-bond donors (Lipinski definition) is 1. The molecule has 6 heteroatoms. The zero-order valence-corrected chi connectivity index (χ0v) is 13.6. The second-order valence-electron chi connectivity index (χ2n) is 5.60. The van der Waals surface area contributed by atoms with Gasteiger partial charge in [-0.05, 0) is 43.2 Å². The van der Waals surface area contributed by atoms with Gasteiger partial charge in [0.25, 0.3) is 5.91 Å². The molecule has 1 aliphatic rings. The third-order valence-corrected chi connectivity index (χ3v) is 4.24. The van der Waals surface area contributed by atoms with E-state index in [0.717, 1.165) is 18.5 Å². The van der Waals surface area contributed by atoms with E-state index in [4.69, 9.17) is 11.6 Å². The van der Waals surface area contributed by atoms with Crippen molar-refractivity contribution in [2.75, 3.05) is 16.8 Å². The van der Waals surface area contributed by atoms with Crippen LogP contribution in [0.2, 0.25) is 5.02 Å². The molecule has 1 N–H and O–H groups in total. The third kappa shape index (κ3) is 3.41. The lowest BCUT2D eigenvalue weighted by Gasteiger charge is -2.27. The predicted molar refractivity (Wildman–Crippen MR) is 92.0 cm³/mol. The highest BCUT2D eigenvalue weighted by Gasteiger charge is 2.20. The third-order valence-electron chi connectivity index (χ3n) is 3.93. The molecule has 4 nitrogen and oxygen atoms in total. The van der Waals surface area contributed by atoms with Crippen LogP contribution in [0, 0.1) is 5.82 Å². The van der Waals surface area contributed by atoms with Gasteiger partial charge in [0.05, 0.1) is 10.6 Å². The number of rotatable bonds is 3. The lowest BCUT2D eigenvalue weighted by atomic mass is 10.1. The number of nitrogens with zero attached hydrogens (tertiary/aromatic N) is 1. The summed E-state index contributed by atoms with van der Waals surface area (Å²) >= 11 is 5.91. The van der Waals surface area contributed by atoms with Gasteiger partial charge in [-0.15, -0.1) is 0 Å². The summed E-state index contributed by atoms with van der Waals surface area (Å²) in [5, 5.41) is 2.68. The Balaban J connectivity index is 1.82. The summed E-state index contributed by atoms with van der Waals surface area (Å²) in [5.41, 5.74) is 1.01. The lowest BCUT2D eigenvalue weighted by Crippen LogP contribution is -2.35. The zero-order chi connectivity index (χ0) is 17.1. The summed E-state index contributed by atoms with van der Waals surface area (Å²) in [6.07, 6.45) is 2.38.